The van der Waals surface area contributed by atoms with Gasteiger partial charge in [-0.25, -0.2) is 22.5 Å². The first-order chi connectivity index (χ1) is 13.8. The number of ether oxygens (including phenoxy) is 2. The van der Waals surface area contributed by atoms with Crippen LogP contribution in [0.15, 0.2) is 58.8 Å². The SMILES string of the molecule is COc1ccccc1-c1nc(COC(=O)c2ccc(S(=O)(=O)N(C)C)cc2)cs1. The molecule has 9 heteroatoms. The number of aromatic nitrogens is 1. The van der Waals surface area contributed by atoms with Crippen LogP contribution in [0.1, 0.15) is 16.1 Å². The van der Waals surface area contributed by atoms with Crippen molar-refractivity contribution in [3.8, 4) is 16.3 Å². The largest absolute Gasteiger partial charge is 0.496 e. The number of carbonyl (C=O) groups is 1. The molecular weight excluding hydrogens is 412 g/mol. The van der Waals surface area contributed by atoms with E-state index in [0.29, 0.717) is 5.69 Å². The Morgan fingerprint density at radius 1 is 1.10 bits per heavy atom. The average Bonchev–Trinajstić information content (AvgIpc) is 3.20. The van der Waals surface area contributed by atoms with E-state index in [1.54, 1.807) is 7.11 Å². The number of esters is 1. The topological polar surface area (TPSA) is 85.8 Å². The van der Waals surface area contributed by atoms with Crippen LogP contribution in [0.25, 0.3) is 10.6 Å². The minimum absolute atomic E-state index is 0.0161. The molecule has 0 radical (unpaired) electrons. The van der Waals surface area contributed by atoms with E-state index in [1.807, 2.05) is 29.6 Å². The van der Waals surface area contributed by atoms with Gasteiger partial charge in [-0.05, 0) is 36.4 Å². The molecule has 0 fully saturated rings. The summed E-state index contributed by atoms with van der Waals surface area (Å²) < 4.78 is 35.9. The lowest BCUT2D eigenvalue weighted by Crippen LogP contribution is -2.22. The van der Waals surface area contributed by atoms with Gasteiger partial charge < -0.3 is 9.47 Å². The van der Waals surface area contributed by atoms with Crippen molar-refractivity contribution in [2.45, 2.75) is 11.5 Å². The second kappa shape index (κ2) is 8.73. The molecule has 0 spiro atoms. The molecule has 1 heterocycles. The highest BCUT2D eigenvalue weighted by Crippen LogP contribution is 2.32. The van der Waals surface area contributed by atoms with Gasteiger partial charge in [0.25, 0.3) is 0 Å². The van der Waals surface area contributed by atoms with Crippen molar-refractivity contribution in [2.75, 3.05) is 21.2 Å². The number of thiazole rings is 1. The van der Waals surface area contributed by atoms with Crippen LogP contribution >= 0.6 is 11.3 Å². The minimum Gasteiger partial charge on any atom is -0.496 e. The van der Waals surface area contributed by atoms with Gasteiger partial charge in [0.15, 0.2) is 0 Å². The minimum atomic E-state index is -3.54. The van der Waals surface area contributed by atoms with Gasteiger partial charge in [-0.3, -0.25) is 0 Å². The van der Waals surface area contributed by atoms with E-state index in [2.05, 4.69) is 4.98 Å². The zero-order valence-corrected chi connectivity index (χ0v) is 17.8. The zero-order chi connectivity index (χ0) is 21.0. The quantitative estimate of drug-likeness (QED) is 0.532. The first-order valence-electron chi connectivity index (χ1n) is 8.60. The van der Waals surface area contributed by atoms with Gasteiger partial charge in [-0.1, -0.05) is 12.1 Å². The molecule has 0 N–H and O–H groups in total. The highest BCUT2D eigenvalue weighted by molar-refractivity contribution is 7.89. The van der Waals surface area contributed by atoms with Crippen LogP contribution in [0.5, 0.6) is 5.75 Å². The summed E-state index contributed by atoms with van der Waals surface area (Å²) in [6, 6.07) is 13.2. The molecule has 3 aromatic rings. The average molecular weight is 433 g/mol. The molecule has 1 aromatic heterocycles. The lowest BCUT2D eigenvalue weighted by atomic mass is 10.2. The molecule has 152 valence electrons. The third-order valence-electron chi connectivity index (χ3n) is 4.11. The fourth-order valence-corrected chi connectivity index (χ4v) is 4.25. The monoisotopic (exact) mass is 432 g/mol. The Bertz CT molecular complexity index is 1110. The molecule has 0 aliphatic carbocycles. The van der Waals surface area contributed by atoms with Crippen molar-refractivity contribution in [1.82, 2.24) is 9.29 Å². The van der Waals surface area contributed by atoms with Gasteiger partial charge in [0, 0.05) is 19.5 Å². The van der Waals surface area contributed by atoms with Crippen LogP contribution in [0.4, 0.5) is 0 Å². The Morgan fingerprint density at radius 3 is 2.45 bits per heavy atom. The van der Waals surface area contributed by atoms with Crippen LogP contribution in [0.2, 0.25) is 0 Å². The summed E-state index contributed by atoms with van der Waals surface area (Å²) in [6.07, 6.45) is 0. The Morgan fingerprint density at radius 2 is 1.79 bits per heavy atom. The first-order valence-corrected chi connectivity index (χ1v) is 10.9. The summed E-state index contributed by atoms with van der Waals surface area (Å²) in [4.78, 5) is 16.9. The molecule has 0 aliphatic heterocycles. The summed E-state index contributed by atoms with van der Waals surface area (Å²) >= 11 is 1.43. The van der Waals surface area contributed by atoms with Crippen molar-refractivity contribution < 1.29 is 22.7 Å². The highest BCUT2D eigenvalue weighted by Gasteiger charge is 2.18. The Balaban J connectivity index is 1.67. The number of benzene rings is 2. The summed E-state index contributed by atoms with van der Waals surface area (Å²) in [5.41, 5.74) is 1.76. The van der Waals surface area contributed by atoms with Crippen LogP contribution in [0, 0.1) is 0 Å². The highest BCUT2D eigenvalue weighted by atomic mass is 32.2. The molecule has 0 bridgehead atoms. The van der Waals surface area contributed by atoms with Gasteiger partial charge >= 0.3 is 5.97 Å². The first kappa shape index (κ1) is 21.0. The van der Waals surface area contributed by atoms with Crippen molar-refractivity contribution in [3.63, 3.8) is 0 Å². The van der Waals surface area contributed by atoms with Gasteiger partial charge in [0.1, 0.15) is 17.4 Å². The fraction of sp³-hybridized carbons (Fsp3) is 0.200. The van der Waals surface area contributed by atoms with Crippen molar-refractivity contribution in [2.24, 2.45) is 0 Å². The van der Waals surface area contributed by atoms with Crippen LogP contribution < -0.4 is 4.74 Å². The lowest BCUT2D eigenvalue weighted by Gasteiger charge is -2.11. The molecule has 0 amide bonds. The van der Waals surface area contributed by atoms with E-state index < -0.39 is 16.0 Å². The van der Waals surface area contributed by atoms with Crippen molar-refractivity contribution in [1.29, 1.82) is 0 Å². The van der Waals surface area contributed by atoms with Crippen molar-refractivity contribution in [3.05, 3.63) is 65.2 Å². The number of hydrogen-bond acceptors (Lipinski definition) is 7. The van der Waals surface area contributed by atoms with Gasteiger partial charge in [0.05, 0.1) is 28.8 Å². The summed E-state index contributed by atoms with van der Waals surface area (Å²) in [5.74, 6) is 0.170. The third-order valence-corrected chi connectivity index (χ3v) is 6.86. The molecule has 0 saturated carbocycles. The predicted molar refractivity (Wildman–Crippen MR) is 111 cm³/mol. The number of nitrogens with zero attached hydrogens (tertiary/aromatic N) is 2. The normalized spacial score (nSPS) is 11.4. The third kappa shape index (κ3) is 4.64. The molecule has 3 rings (SSSR count). The lowest BCUT2D eigenvalue weighted by molar-refractivity contribution is 0.0468. The summed E-state index contributed by atoms with van der Waals surface area (Å²) in [7, 11) is 0.958. The van der Waals surface area contributed by atoms with Gasteiger partial charge in [-0.15, -0.1) is 11.3 Å². The Kier molecular flexibility index (Phi) is 6.31. The summed E-state index contributed by atoms with van der Waals surface area (Å²) in [5, 5.41) is 2.59. The second-order valence-corrected chi connectivity index (χ2v) is 9.24. The molecule has 0 atom stereocenters. The Hall–Kier alpha value is -2.75. The molecule has 29 heavy (non-hydrogen) atoms. The smallest absolute Gasteiger partial charge is 0.338 e. The van der Waals surface area contributed by atoms with Crippen LogP contribution in [-0.2, 0) is 21.4 Å². The van der Waals surface area contributed by atoms with Crippen LogP contribution in [0.3, 0.4) is 0 Å². The molecule has 7 nitrogen and oxygen atoms in total. The standard InChI is InChI=1S/C20H20N2O5S2/c1-22(2)29(24,25)16-10-8-14(9-11-16)20(23)27-12-15-13-28-19(21-15)17-6-4-5-7-18(17)26-3/h4-11,13H,12H2,1-3H3. The number of para-hydroxylation sites is 1. The second-order valence-electron chi connectivity index (χ2n) is 6.23. The molecular formula is C20H20N2O5S2. The number of rotatable bonds is 7. The van der Waals surface area contributed by atoms with Crippen LogP contribution in [-0.4, -0.2) is 44.9 Å². The van der Waals surface area contributed by atoms with E-state index in [9.17, 15) is 13.2 Å². The fourth-order valence-electron chi connectivity index (χ4n) is 2.51. The zero-order valence-electron chi connectivity index (χ0n) is 16.2. The maximum Gasteiger partial charge on any atom is 0.338 e. The number of methoxy groups -OCH3 is 1. The molecule has 0 aliphatic rings. The van der Waals surface area contributed by atoms with E-state index in [1.165, 1.54) is 49.7 Å². The van der Waals surface area contributed by atoms with E-state index in [4.69, 9.17) is 9.47 Å². The predicted octanol–water partition coefficient (Wildman–Crippen LogP) is 3.43. The molecule has 0 unspecified atom stereocenters. The van der Waals surface area contributed by atoms with Gasteiger partial charge in [-0.2, -0.15) is 0 Å². The van der Waals surface area contributed by atoms with Crippen molar-refractivity contribution >= 4 is 27.3 Å². The Labute approximate surface area is 173 Å². The maximum atomic E-state index is 12.3. The molecule has 2 aromatic carbocycles. The maximum absolute atomic E-state index is 12.3. The number of sulfonamides is 1. The molecule has 0 saturated heterocycles. The number of hydrogen-bond donors (Lipinski definition) is 0. The summed E-state index contributed by atoms with van der Waals surface area (Å²) in [6.45, 7) is 0.0161. The van der Waals surface area contributed by atoms with E-state index >= 15 is 0 Å². The van der Waals surface area contributed by atoms with Gasteiger partial charge in [0.2, 0.25) is 10.0 Å². The van der Waals surface area contributed by atoms with E-state index in [0.717, 1.165) is 20.6 Å². The number of carbonyl (C=O) groups excluding carboxylic acids is 1. The van der Waals surface area contributed by atoms with E-state index in [-0.39, 0.29) is 17.1 Å².